The van der Waals surface area contributed by atoms with Gasteiger partial charge in [-0.2, -0.15) is 0 Å². The molecule has 0 aliphatic heterocycles. The second-order valence-electron chi connectivity index (χ2n) is 9.25. The van der Waals surface area contributed by atoms with Crippen LogP contribution in [0, 0.1) is 5.41 Å². The van der Waals surface area contributed by atoms with Crippen LogP contribution in [0.3, 0.4) is 0 Å². The van der Waals surface area contributed by atoms with E-state index >= 15 is 0 Å². The molecule has 1 aliphatic rings. The summed E-state index contributed by atoms with van der Waals surface area (Å²) < 4.78 is 11.0. The van der Waals surface area contributed by atoms with E-state index in [9.17, 15) is 4.79 Å². The number of methoxy groups -OCH3 is 1. The third kappa shape index (κ3) is 4.51. The second kappa shape index (κ2) is 8.58. The SMILES string of the molecule is COc1ccc(C2(c3ccc(OC(=O)c4ccccc4)cc3)CCC(C)(C)CC2)cc1. The molecule has 0 atom stereocenters. The van der Waals surface area contributed by atoms with Crippen LogP contribution < -0.4 is 9.47 Å². The molecule has 0 bridgehead atoms. The molecular weight excluding hydrogens is 384 g/mol. The molecule has 4 rings (SSSR count). The smallest absolute Gasteiger partial charge is 0.343 e. The Morgan fingerprint density at radius 2 is 1.23 bits per heavy atom. The third-order valence-electron chi connectivity index (χ3n) is 6.73. The predicted octanol–water partition coefficient (Wildman–Crippen LogP) is 6.80. The Labute approximate surface area is 185 Å². The van der Waals surface area contributed by atoms with Crippen molar-refractivity contribution in [3.05, 3.63) is 95.6 Å². The quantitative estimate of drug-likeness (QED) is 0.340. The molecule has 0 amide bonds. The number of esters is 1. The first-order valence-electron chi connectivity index (χ1n) is 10.9. The highest BCUT2D eigenvalue weighted by molar-refractivity contribution is 5.90. The lowest BCUT2D eigenvalue weighted by Crippen LogP contribution is -2.35. The number of ether oxygens (including phenoxy) is 2. The van der Waals surface area contributed by atoms with Gasteiger partial charge in [0.05, 0.1) is 12.7 Å². The summed E-state index contributed by atoms with van der Waals surface area (Å²) in [6.45, 7) is 4.72. The predicted molar refractivity (Wildman–Crippen MR) is 124 cm³/mol. The maximum absolute atomic E-state index is 12.4. The van der Waals surface area contributed by atoms with Gasteiger partial charge in [-0.25, -0.2) is 4.79 Å². The first-order valence-corrected chi connectivity index (χ1v) is 10.9. The Balaban J connectivity index is 1.62. The van der Waals surface area contributed by atoms with Crippen LogP contribution in [0.1, 0.15) is 61.0 Å². The molecule has 0 spiro atoms. The molecule has 1 saturated carbocycles. The maximum Gasteiger partial charge on any atom is 0.343 e. The van der Waals surface area contributed by atoms with E-state index in [4.69, 9.17) is 9.47 Å². The highest BCUT2D eigenvalue weighted by Gasteiger charge is 2.40. The molecule has 1 aliphatic carbocycles. The fourth-order valence-electron chi connectivity index (χ4n) is 4.59. The van der Waals surface area contributed by atoms with Crippen molar-refractivity contribution in [1.29, 1.82) is 0 Å². The summed E-state index contributed by atoms with van der Waals surface area (Å²) in [5, 5.41) is 0. The van der Waals surface area contributed by atoms with Crippen LogP contribution in [0.25, 0.3) is 0 Å². The van der Waals surface area contributed by atoms with E-state index in [1.54, 1.807) is 19.2 Å². The van der Waals surface area contributed by atoms with Crippen LogP contribution in [0.4, 0.5) is 0 Å². The summed E-state index contributed by atoms with van der Waals surface area (Å²) in [4.78, 5) is 12.4. The molecule has 0 aromatic heterocycles. The summed E-state index contributed by atoms with van der Waals surface area (Å²) in [5.41, 5.74) is 3.46. The zero-order valence-electron chi connectivity index (χ0n) is 18.6. The minimum absolute atomic E-state index is 0.0379. The van der Waals surface area contributed by atoms with Crippen molar-refractivity contribution in [2.75, 3.05) is 7.11 Å². The van der Waals surface area contributed by atoms with Gasteiger partial charge >= 0.3 is 5.97 Å². The number of carbonyl (C=O) groups excluding carboxylic acids is 1. The van der Waals surface area contributed by atoms with E-state index < -0.39 is 0 Å². The molecule has 0 radical (unpaired) electrons. The van der Waals surface area contributed by atoms with Crippen LogP contribution in [-0.2, 0) is 5.41 Å². The van der Waals surface area contributed by atoms with Gasteiger partial charge in [-0.15, -0.1) is 0 Å². The Hall–Kier alpha value is -3.07. The summed E-state index contributed by atoms with van der Waals surface area (Å²) in [7, 11) is 1.70. The minimum Gasteiger partial charge on any atom is -0.497 e. The van der Waals surface area contributed by atoms with Crippen molar-refractivity contribution in [1.82, 2.24) is 0 Å². The first-order chi connectivity index (χ1) is 14.9. The van der Waals surface area contributed by atoms with Gasteiger partial charge < -0.3 is 9.47 Å². The van der Waals surface area contributed by atoms with Crippen LogP contribution in [-0.4, -0.2) is 13.1 Å². The van der Waals surface area contributed by atoms with Gasteiger partial charge in [0.15, 0.2) is 0 Å². The van der Waals surface area contributed by atoms with Crippen molar-refractivity contribution in [2.24, 2.45) is 5.41 Å². The third-order valence-corrected chi connectivity index (χ3v) is 6.73. The molecule has 31 heavy (non-hydrogen) atoms. The van der Waals surface area contributed by atoms with E-state index in [2.05, 4.69) is 38.1 Å². The van der Waals surface area contributed by atoms with Crippen LogP contribution in [0.5, 0.6) is 11.5 Å². The molecule has 3 heteroatoms. The zero-order valence-corrected chi connectivity index (χ0v) is 18.6. The highest BCUT2D eigenvalue weighted by Crippen LogP contribution is 2.50. The number of rotatable bonds is 5. The van der Waals surface area contributed by atoms with E-state index in [-0.39, 0.29) is 11.4 Å². The lowest BCUT2D eigenvalue weighted by Gasteiger charge is -2.44. The second-order valence-corrected chi connectivity index (χ2v) is 9.25. The topological polar surface area (TPSA) is 35.5 Å². The van der Waals surface area contributed by atoms with Gasteiger partial charge in [0.2, 0.25) is 0 Å². The van der Waals surface area contributed by atoms with Crippen molar-refractivity contribution in [3.8, 4) is 11.5 Å². The standard InChI is InChI=1S/C28H30O3/c1-27(2)17-19-28(20-18-27,22-9-13-24(30-3)14-10-22)23-11-15-25(16-12-23)31-26(29)21-7-5-4-6-8-21/h4-16H,17-20H2,1-3H3. The van der Waals surface area contributed by atoms with Crippen LogP contribution in [0.2, 0.25) is 0 Å². The van der Waals surface area contributed by atoms with Crippen molar-refractivity contribution >= 4 is 5.97 Å². The van der Waals surface area contributed by atoms with E-state index in [1.807, 2.05) is 42.5 Å². The molecule has 0 unspecified atom stereocenters. The van der Waals surface area contributed by atoms with E-state index in [1.165, 1.54) is 24.0 Å². The molecule has 0 saturated heterocycles. The fraction of sp³-hybridized carbons (Fsp3) is 0.321. The first kappa shape index (κ1) is 21.2. The molecule has 3 aromatic carbocycles. The van der Waals surface area contributed by atoms with Crippen LogP contribution in [0.15, 0.2) is 78.9 Å². The minimum atomic E-state index is -0.336. The zero-order chi connectivity index (χ0) is 21.9. The maximum atomic E-state index is 12.4. The van der Waals surface area contributed by atoms with Gasteiger partial charge in [0.1, 0.15) is 11.5 Å². The molecule has 3 aromatic rings. The van der Waals surface area contributed by atoms with Crippen molar-refractivity contribution in [2.45, 2.75) is 44.9 Å². The number of carbonyl (C=O) groups is 1. The molecular formula is C28H30O3. The van der Waals surface area contributed by atoms with Crippen LogP contribution >= 0.6 is 0 Å². The number of hydrogen-bond donors (Lipinski definition) is 0. The number of hydrogen-bond acceptors (Lipinski definition) is 3. The lowest BCUT2D eigenvalue weighted by molar-refractivity contribution is 0.0734. The summed E-state index contributed by atoms with van der Waals surface area (Å²) in [6, 6.07) is 25.6. The van der Waals surface area contributed by atoms with Gasteiger partial charge in [-0.3, -0.25) is 0 Å². The summed E-state index contributed by atoms with van der Waals surface area (Å²) >= 11 is 0. The Kier molecular flexibility index (Phi) is 5.86. The average molecular weight is 415 g/mol. The Morgan fingerprint density at radius 1 is 0.710 bits per heavy atom. The molecule has 3 nitrogen and oxygen atoms in total. The Morgan fingerprint density at radius 3 is 1.74 bits per heavy atom. The average Bonchev–Trinajstić information content (AvgIpc) is 2.81. The summed E-state index contributed by atoms with van der Waals surface area (Å²) in [5.74, 6) is 1.11. The van der Waals surface area contributed by atoms with Crippen molar-refractivity contribution < 1.29 is 14.3 Å². The molecule has 160 valence electrons. The van der Waals surface area contributed by atoms with E-state index in [0.717, 1.165) is 18.6 Å². The van der Waals surface area contributed by atoms with Gasteiger partial charge in [-0.05, 0) is 78.6 Å². The Bertz CT molecular complexity index is 1010. The monoisotopic (exact) mass is 414 g/mol. The summed E-state index contributed by atoms with van der Waals surface area (Å²) in [6.07, 6.45) is 4.53. The lowest BCUT2D eigenvalue weighted by atomic mass is 9.60. The molecule has 0 heterocycles. The molecule has 1 fully saturated rings. The van der Waals surface area contributed by atoms with Crippen molar-refractivity contribution in [3.63, 3.8) is 0 Å². The highest BCUT2D eigenvalue weighted by atomic mass is 16.5. The largest absolute Gasteiger partial charge is 0.497 e. The fourth-order valence-corrected chi connectivity index (χ4v) is 4.59. The van der Waals surface area contributed by atoms with Gasteiger partial charge in [-0.1, -0.05) is 56.3 Å². The normalized spacial score (nSPS) is 17.0. The number of benzene rings is 3. The molecule has 0 N–H and O–H groups in total. The van der Waals surface area contributed by atoms with E-state index in [0.29, 0.717) is 16.7 Å². The van der Waals surface area contributed by atoms with Gasteiger partial charge in [0, 0.05) is 5.41 Å². The van der Waals surface area contributed by atoms with Gasteiger partial charge in [0.25, 0.3) is 0 Å².